The molecule has 0 aliphatic heterocycles. The second-order valence-corrected chi connectivity index (χ2v) is 6.45. The summed E-state index contributed by atoms with van der Waals surface area (Å²) in [5.41, 5.74) is 6.64. The van der Waals surface area contributed by atoms with Gasteiger partial charge in [-0.05, 0) is 50.3 Å². The number of rotatable bonds is 9. The summed E-state index contributed by atoms with van der Waals surface area (Å²) >= 11 is 0. The van der Waals surface area contributed by atoms with Crippen molar-refractivity contribution in [1.29, 1.82) is 0 Å². The van der Waals surface area contributed by atoms with E-state index >= 15 is 0 Å². The fourth-order valence-electron chi connectivity index (χ4n) is 2.09. The number of amides is 1. The van der Waals surface area contributed by atoms with E-state index in [1.54, 1.807) is 0 Å². The van der Waals surface area contributed by atoms with Gasteiger partial charge in [0.2, 0.25) is 5.91 Å². The second kappa shape index (κ2) is 10.5. The van der Waals surface area contributed by atoms with Gasteiger partial charge in [-0.1, -0.05) is 26.0 Å². The third-order valence-corrected chi connectivity index (χ3v) is 4.18. The number of unbranched alkanes of at least 4 members (excludes halogenated alkanes) is 1. The van der Waals surface area contributed by atoms with Crippen LogP contribution >= 0.6 is 12.4 Å². The highest BCUT2D eigenvalue weighted by Gasteiger charge is 2.28. The number of hydrogen-bond acceptors (Lipinski definition) is 3. The van der Waals surface area contributed by atoms with Crippen LogP contribution in [0.5, 0.6) is 5.75 Å². The van der Waals surface area contributed by atoms with Gasteiger partial charge >= 0.3 is 0 Å². The maximum atomic E-state index is 12.0. The lowest BCUT2D eigenvalue weighted by Crippen LogP contribution is -2.54. The average molecular weight is 343 g/mol. The molecule has 1 aromatic carbocycles. The lowest BCUT2D eigenvalue weighted by molar-refractivity contribution is -0.123. The Morgan fingerprint density at radius 3 is 2.61 bits per heavy atom. The Hall–Kier alpha value is -1.26. The van der Waals surface area contributed by atoms with E-state index in [-0.39, 0.29) is 23.9 Å². The van der Waals surface area contributed by atoms with Crippen molar-refractivity contribution in [3.63, 3.8) is 0 Å². The van der Waals surface area contributed by atoms with Crippen molar-refractivity contribution >= 4 is 18.3 Å². The third-order valence-electron chi connectivity index (χ3n) is 4.18. The van der Waals surface area contributed by atoms with Crippen LogP contribution in [0.1, 0.15) is 45.6 Å². The third kappa shape index (κ3) is 7.71. The number of nitrogens with two attached hydrogens (primary N) is 1. The first-order chi connectivity index (χ1) is 10.4. The largest absolute Gasteiger partial charge is 0.494 e. The minimum Gasteiger partial charge on any atom is -0.494 e. The fourth-order valence-corrected chi connectivity index (χ4v) is 2.09. The number of carbonyl (C=O) groups excluding carboxylic acids is 1. The van der Waals surface area contributed by atoms with E-state index in [1.807, 2.05) is 38.1 Å². The summed E-state index contributed by atoms with van der Waals surface area (Å²) in [5.74, 6) is 1.27. The first kappa shape index (κ1) is 21.7. The van der Waals surface area contributed by atoms with E-state index in [9.17, 15) is 4.79 Å². The van der Waals surface area contributed by atoms with E-state index in [4.69, 9.17) is 10.5 Å². The Morgan fingerprint density at radius 1 is 1.35 bits per heavy atom. The maximum absolute atomic E-state index is 12.0. The first-order valence-electron chi connectivity index (χ1n) is 8.08. The highest BCUT2D eigenvalue weighted by Crippen LogP contribution is 2.15. The molecule has 0 saturated heterocycles. The van der Waals surface area contributed by atoms with Crippen molar-refractivity contribution in [1.82, 2.24) is 5.32 Å². The summed E-state index contributed by atoms with van der Waals surface area (Å²) in [5, 5.41) is 3.05. The topological polar surface area (TPSA) is 64.3 Å². The number of nitrogens with one attached hydrogen (secondary N) is 1. The molecule has 0 aliphatic rings. The predicted octanol–water partition coefficient (Wildman–Crippen LogP) is 3.46. The van der Waals surface area contributed by atoms with Crippen LogP contribution in [-0.2, 0) is 4.79 Å². The van der Waals surface area contributed by atoms with Crippen molar-refractivity contribution in [2.24, 2.45) is 11.7 Å². The lowest BCUT2D eigenvalue weighted by atomic mass is 9.88. The van der Waals surface area contributed by atoms with Crippen LogP contribution in [0.25, 0.3) is 0 Å². The summed E-state index contributed by atoms with van der Waals surface area (Å²) < 4.78 is 5.68. The molecule has 1 atom stereocenters. The predicted molar refractivity (Wildman–Crippen MR) is 98.2 cm³/mol. The van der Waals surface area contributed by atoms with Gasteiger partial charge in [0.15, 0.2) is 0 Å². The normalized spacial score (nSPS) is 13.1. The number of halogens is 1. The molecular weight excluding hydrogens is 312 g/mol. The van der Waals surface area contributed by atoms with Gasteiger partial charge in [0.25, 0.3) is 0 Å². The van der Waals surface area contributed by atoms with Gasteiger partial charge in [-0.3, -0.25) is 4.79 Å². The van der Waals surface area contributed by atoms with Crippen LogP contribution in [0.2, 0.25) is 0 Å². The Bertz CT molecular complexity index is 480. The van der Waals surface area contributed by atoms with Gasteiger partial charge in [-0.15, -0.1) is 12.4 Å². The van der Waals surface area contributed by atoms with Crippen LogP contribution in [0, 0.1) is 12.8 Å². The molecule has 23 heavy (non-hydrogen) atoms. The fraction of sp³-hybridized carbons (Fsp3) is 0.611. The minimum atomic E-state index is -0.324. The molecule has 5 heteroatoms. The maximum Gasteiger partial charge on any atom is 0.220 e. The van der Waals surface area contributed by atoms with Crippen molar-refractivity contribution in [3.05, 3.63) is 29.8 Å². The van der Waals surface area contributed by atoms with E-state index in [2.05, 4.69) is 19.2 Å². The van der Waals surface area contributed by atoms with Gasteiger partial charge in [0.05, 0.1) is 12.1 Å². The number of hydrogen-bond donors (Lipinski definition) is 2. The molecule has 4 nitrogen and oxygen atoms in total. The van der Waals surface area contributed by atoms with E-state index in [0.717, 1.165) is 18.6 Å². The van der Waals surface area contributed by atoms with Gasteiger partial charge in [-0.25, -0.2) is 0 Å². The molecular formula is C18H31ClN2O2. The quantitative estimate of drug-likeness (QED) is 0.675. The lowest BCUT2D eigenvalue weighted by Gasteiger charge is -2.33. The van der Waals surface area contributed by atoms with Crippen LogP contribution < -0.4 is 15.8 Å². The highest BCUT2D eigenvalue weighted by atomic mass is 35.5. The molecule has 1 unspecified atom stereocenters. The number of aryl methyl sites for hydroxylation is 1. The van der Waals surface area contributed by atoms with Crippen molar-refractivity contribution in [2.75, 3.05) is 13.2 Å². The van der Waals surface area contributed by atoms with E-state index < -0.39 is 0 Å². The Balaban J connectivity index is 0.00000484. The zero-order chi connectivity index (χ0) is 16.6. The van der Waals surface area contributed by atoms with Gasteiger partial charge in [0, 0.05) is 13.0 Å². The highest BCUT2D eigenvalue weighted by molar-refractivity contribution is 5.85. The molecule has 0 bridgehead atoms. The molecule has 1 aromatic rings. The second-order valence-electron chi connectivity index (χ2n) is 6.45. The Labute approximate surface area is 146 Å². The average Bonchev–Trinajstić information content (AvgIpc) is 2.46. The molecule has 0 radical (unpaired) electrons. The molecule has 0 aromatic heterocycles. The summed E-state index contributed by atoms with van der Waals surface area (Å²) in [6, 6.07) is 8.00. The molecule has 0 fully saturated rings. The summed E-state index contributed by atoms with van der Waals surface area (Å²) in [7, 11) is 0. The molecule has 1 amide bonds. The smallest absolute Gasteiger partial charge is 0.220 e. The van der Waals surface area contributed by atoms with E-state index in [0.29, 0.717) is 25.5 Å². The van der Waals surface area contributed by atoms with Crippen molar-refractivity contribution in [2.45, 2.75) is 52.5 Å². The van der Waals surface area contributed by atoms with Crippen LogP contribution in [0.15, 0.2) is 24.3 Å². The van der Waals surface area contributed by atoms with Crippen molar-refractivity contribution in [3.8, 4) is 5.75 Å². The van der Waals surface area contributed by atoms with Crippen molar-refractivity contribution < 1.29 is 9.53 Å². The van der Waals surface area contributed by atoms with Crippen LogP contribution in [0.3, 0.4) is 0 Å². The molecule has 1 rings (SSSR count). The molecule has 0 aliphatic carbocycles. The van der Waals surface area contributed by atoms with E-state index in [1.165, 1.54) is 5.56 Å². The van der Waals surface area contributed by atoms with Crippen LogP contribution in [0.4, 0.5) is 0 Å². The number of benzene rings is 1. The van der Waals surface area contributed by atoms with Gasteiger partial charge in [0.1, 0.15) is 5.75 Å². The molecule has 0 spiro atoms. The molecule has 132 valence electrons. The molecule has 0 heterocycles. The zero-order valence-electron chi connectivity index (χ0n) is 14.7. The number of carbonyl (C=O) groups is 1. The monoisotopic (exact) mass is 342 g/mol. The first-order valence-corrected chi connectivity index (χ1v) is 8.08. The summed E-state index contributed by atoms with van der Waals surface area (Å²) in [4.78, 5) is 12.0. The number of ether oxygens (including phenoxy) is 1. The van der Waals surface area contributed by atoms with Gasteiger partial charge in [-0.2, -0.15) is 0 Å². The minimum absolute atomic E-state index is 0. The van der Waals surface area contributed by atoms with Gasteiger partial charge < -0.3 is 15.8 Å². The summed E-state index contributed by atoms with van der Waals surface area (Å²) in [6.07, 6.45) is 2.19. The SMILES string of the molecule is Cc1cccc(OCCCCC(=O)NC(C)(CN)C(C)C)c1.Cl. The Morgan fingerprint density at radius 2 is 2.04 bits per heavy atom. The standard InChI is InChI=1S/C18H30N2O2.ClH/c1-14(2)18(4,13-19)20-17(21)10-5-6-11-22-16-9-7-8-15(3)12-16;/h7-9,12,14H,5-6,10-11,13,19H2,1-4H3,(H,20,21);1H. The summed E-state index contributed by atoms with van der Waals surface area (Å²) in [6.45, 7) is 9.27. The molecule has 0 saturated carbocycles. The van der Waals surface area contributed by atoms with Crippen LogP contribution in [-0.4, -0.2) is 24.6 Å². The Kier molecular flexibility index (Phi) is 9.93. The molecule has 3 N–H and O–H groups in total. The zero-order valence-corrected chi connectivity index (χ0v) is 15.5.